The summed E-state index contributed by atoms with van der Waals surface area (Å²) < 4.78 is 27.8. The quantitative estimate of drug-likeness (QED) is 0.592. The monoisotopic (exact) mass is 441 g/mol. The van der Waals surface area contributed by atoms with Gasteiger partial charge in [0, 0.05) is 13.5 Å². The summed E-state index contributed by atoms with van der Waals surface area (Å²) in [6.45, 7) is 13.7. The second-order valence-corrected chi connectivity index (χ2v) is 9.53. The van der Waals surface area contributed by atoms with Crippen LogP contribution in [0.25, 0.3) is 0 Å². The lowest BCUT2D eigenvalue weighted by Gasteiger charge is -2.30. The topological polar surface area (TPSA) is 41.8 Å². The standard InChI is InChI=1S/C26H34FN2O3/c1-18-7-11-22(12-8-18)31-24(21-10-9-19(2)23(27)15-21)17-28-13-14-29(20(3)16-28)25(30)32-26(4,5)6/h7-12,15,24H,13-14,16-17H2,1-6H3/q+1. The summed E-state index contributed by atoms with van der Waals surface area (Å²) in [7, 11) is 0. The van der Waals surface area contributed by atoms with Crippen LogP contribution in [0.3, 0.4) is 0 Å². The molecule has 0 fully saturated rings. The number of carbonyl (C=O) groups excluding carboxylic acids is 1. The van der Waals surface area contributed by atoms with Crippen LogP contribution in [0.2, 0.25) is 0 Å². The molecule has 1 atom stereocenters. The number of amides is 1. The molecule has 0 saturated heterocycles. The molecule has 1 unspecified atom stereocenters. The number of halogens is 1. The summed E-state index contributed by atoms with van der Waals surface area (Å²) in [5, 5.41) is 0. The van der Waals surface area contributed by atoms with E-state index in [1.54, 1.807) is 23.6 Å². The van der Waals surface area contributed by atoms with Crippen molar-refractivity contribution in [1.82, 2.24) is 4.90 Å². The van der Waals surface area contributed by atoms with Crippen molar-refractivity contribution in [2.75, 3.05) is 26.2 Å². The van der Waals surface area contributed by atoms with Gasteiger partial charge in [0.2, 0.25) is 0 Å². The van der Waals surface area contributed by atoms with E-state index in [9.17, 15) is 9.18 Å². The maximum Gasteiger partial charge on any atom is 0.596 e. The van der Waals surface area contributed by atoms with Gasteiger partial charge in [-0.15, -0.1) is 4.58 Å². The maximum absolute atomic E-state index is 14.3. The fourth-order valence-corrected chi connectivity index (χ4v) is 3.68. The summed E-state index contributed by atoms with van der Waals surface area (Å²) >= 11 is 0. The zero-order valence-corrected chi connectivity index (χ0v) is 19.9. The first-order valence-corrected chi connectivity index (χ1v) is 11.1. The molecule has 172 valence electrons. The summed E-state index contributed by atoms with van der Waals surface area (Å²) in [5.41, 5.74) is 2.95. The van der Waals surface area contributed by atoms with Gasteiger partial charge in [-0.25, -0.2) is 4.39 Å². The third kappa shape index (κ3) is 6.39. The predicted octanol–water partition coefficient (Wildman–Crippen LogP) is 5.29. The largest absolute Gasteiger partial charge is 0.596 e. The lowest BCUT2D eigenvalue weighted by molar-refractivity contribution is -0.458. The van der Waals surface area contributed by atoms with Crippen molar-refractivity contribution in [3.05, 3.63) is 65.0 Å². The number of carbonyl (C=O) groups is 1. The van der Waals surface area contributed by atoms with Crippen LogP contribution >= 0.6 is 0 Å². The van der Waals surface area contributed by atoms with Crippen molar-refractivity contribution in [1.29, 1.82) is 0 Å². The van der Waals surface area contributed by atoms with Crippen LogP contribution in [-0.4, -0.2) is 53.1 Å². The Morgan fingerprint density at radius 3 is 2.41 bits per heavy atom. The molecule has 2 aromatic rings. The van der Waals surface area contributed by atoms with Crippen molar-refractivity contribution >= 4 is 11.8 Å². The zero-order valence-electron chi connectivity index (χ0n) is 19.9. The first kappa shape index (κ1) is 23.9. The molecule has 0 N–H and O–H groups in total. The van der Waals surface area contributed by atoms with Gasteiger partial charge >= 0.3 is 6.09 Å². The molecule has 32 heavy (non-hydrogen) atoms. The molecule has 0 radical (unpaired) electrons. The van der Waals surface area contributed by atoms with E-state index in [1.807, 2.05) is 65.0 Å². The Bertz CT molecular complexity index is 993. The van der Waals surface area contributed by atoms with E-state index >= 15 is 0 Å². The fraction of sp³-hybridized carbons (Fsp3) is 0.462. The second-order valence-electron chi connectivity index (χ2n) is 9.53. The Hall–Kier alpha value is -2.73. The minimum Gasteiger partial charge on any atom is -0.484 e. The smallest absolute Gasteiger partial charge is 0.484 e. The van der Waals surface area contributed by atoms with E-state index in [0.29, 0.717) is 31.7 Å². The molecule has 3 rings (SSSR count). The van der Waals surface area contributed by atoms with E-state index in [-0.39, 0.29) is 18.0 Å². The van der Waals surface area contributed by atoms with E-state index in [0.717, 1.165) is 22.6 Å². The zero-order chi connectivity index (χ0) is 23.5. The lowest BCUT2D eigenvalue weighted by atomic mass is 10.1. The molecule has 2 aromatic carbocycles. The van der Waals surface area contributed by atoms with Crippen LogP contribution in [0.15, 0.2) is 42.5 Å². The van der Waals surface area contributed by atoms with Crippen molar-refractivity contribution < 1.29 is 23.2 Å². The minimum atomic E-state index is -0.531. The number of hydrogen-bond acceptors (Lipinski definition) is 4. The Kier molecular flexibility index (Phi) is 7.34. The van der Waals surface area contributed by atoms with Crippen LogP contribution < -0.4 is 4.74 Å². The van der Waals surface area contributed by atoms with Gasteiger partial charge in [-0.1, -0.05) is 29.8 Å². The Balaban J connectivity index is 1.78. The Morgan fingerprint density at radius 1 is 1.12 bits per heavy atom. The average molecular weight is 442 g/mol. The molecule has 1 amide bonds. The predicted molar refractivity (Wildman–Crippen MR) is 124 cm³/mol. The highest BCUT2D eigenvalue weighted by Gasteiger charge is 2.33. The fourth-order valence-electron chi connectivity index (χ4n) is 3.68. The highest BCUT2D eigenvalue weighted by atomic mass is 19.1. The molecule has 0 spiro atoms. The van der Waals surface area contributed by atoms with Crippen LogP contribution in [0.4, 0.5) is 9.18 Å². The highest BCUT2D eigenvalue weighted by Crippen LogP contribution is 2.25. The third-order valence-corrected chi connectivity index (χ3v) is 5.46. The van der Waals surface area contributed by atoms with Gasteiger partial charge in [-0.05, 0) is 63.9 Å². The van der Waals surface area contributed by atoms with Crippen LogP contribution in [-0.2, 0) is 4.74 Å². The second kappa shape index (κ2) is 9.82. The van der Waals surface area contributed by atoms with Crippen LogP contribution in [0.5, 0.6) is 5.75 Å². The first-order chi connectivity index (χ1) is 15.0. The number of nitrogens with zero attached hydrogens (tertiary/aromatic N) is 2. The summed E-state index contributed by atoms with van der Waals surface area (Å²) in [6.07, 6.45) is -0.656. The van der Waals surface area contributed by atoms with Gasteiger partial charge < -0.3 is 9.47 Å². The number of hydrogen-bond donors (Lipinski definition) is 0. The van der Waals surface area contributed by atoms with Crippen molar-refractivity contribution in [3.63, 3.8) is 0 Å². The van der Waals surface area contributed by atoms with E-state index in [1.165, 1.54) is 0 Å². The van der Waals surface area contributed by atoms with Gasteiger partial charge in [-0.2, -0.15) is 4.79 Å². The first-order valence-electron chi connectivity index (χ1n) is 11.1. The van der Waals surface area contributed by atoms with Gasteiger partial charge in [-0.3, -0.25) is 4.90 Å². The van der Waals surface area contributed by atoms with Crippen molar-refractivity contribution in [2.24, 2.45) is 0 Å². The SMILES string of the molecule is CC1=[N+](C(=O)OC(C)(C)C)CCN(CC(Oc2ccc(C)cc2)c2ccc(C)c(F)c2)C1. The molecule has 1 heterocycles. The van der Waals surface area contributed by atoms with Gasteiger partial charge in [0.25, 0.3) is 0 Å². The van der Waals surface area contributed by atoms with Crippen LogP contribution in [0.1, 0.15) is 50.5 Å². The molecule has 0 aliphatic carbocycles. The summed E-state index contributed by atoms with van der Waals surface area (Å²) in [4.78, 5) is 14.7. The van der Waals surface area contributed by atoms with Gasteiger partial charge in [0.05, 0.1) is 13.1 Å². The number of ether oxygens (including phenoxy) is 2. The van der Waals surface area contributed by atoms with E-state index < -0.39 is 5.60 Å². The van der Waals surface area contributed by atoms with E-state index in [4.69, 9.17) is 9.47 Å². The number of rotatable bonds is 5. The van der Waals surface area contributed by atoms with Gasteiger partial charge in [0.1, 0.15) is 23.3 Å². The highest BCUT2D eigenvalue weighted by molar-refractivity contribution is 5.83. The average Bonchev–Trinajstić information content (AvgIpc) is 2.70. The minimum absolute atomic E-state index is 0.238. The molecule has 0 bridgehead atoms. The number of benzene rings is 2. The van der Waals surface area contributed by atoms with Crippen molar-refractivity contribution in [3.8, 4) is 5.75 Å². The molecule has 0 aromatic heterocycles. The molecule has 6 heteroatoms. The summed E-state index contributed by atoms with van der Waals surface area (Å²) in [6, 6.07) is 13.1. The number of aryl methyl sites for hydroxylation is 2. The normalized spacial score (nSPS) is 16.1. The molecule has 1 aliphatic rings. The molecule has 5 nitrogen and oxygen atoms in total. The molecule has 0 saturated carbocycles. The Morgan fingerprint density at radius 2 is 1.81 bits per heavy atom. The molecule has 1 aliphatic heterocycles. The van der Waals surface area contributed by atoms with Gasteiger partial charge in [0.15, 0.2) is 12.3 Å². The van der Waals surface area contributed by atoms with E-state index in [2.05, 4.69) is 4.90 Å². The molecular formula is C26H34FN2O3+. The van der Waals surface area contributed by atoms with Crippen LogP contribution in [0, 0.1) is 19.7 Å². The van der Waals surface area contributed by atoms with Crippen molar-refractivity contribution in [2.45, 2.75) is 53.2 Å². The summed E-state index contributed by atoms with van der Waals surface area (Å²) in [5.74, 6) is 0.507. The Labute approximate surface area is 190 Å². The molecular weight excluding hydrogens is 407 g/mol. The third-order valence-electron chi connectivity index (χ3n) is 5.46. The maximum atomic E-state index is 14.3. The lowest BCUT2D eigenvalue weighted by Crippen LogP contribution is -2.48.